The summed E-state index contributed by atoms with van der Waals surface area (Å²) >= 11 is 0. The molecule has 22 heavy (non-hydrogen) atoms. The van der Waals surface area contributed by atoms with E-state index in [2.05, 4.69) is 4.98 Å². The molecule has 1 aromatic carbocycles. The molecule has 0 spiro atoms. The van der Waals surface area contributed by atoms with Gasteiger partial charge in [-0.15, -0.1) is 0 Å². The molecule has 0 saturated carbocycles. The maximum Gasteiger partial charge on any atom is 0.240 e. The first kappa shape index (κ1) is 14.6. The average molecular weight is 303 g/mol. The zero-order valence-corrected chi connectivity index (χ0v) is 12.1. The number of primary amides is 1. The van der Waals surface area contributed by atoms with Crippen molar-refractivity contribution in [2.75, 3.05) is 6.54 Å². The van der Waals surface area contributed by atoms with Crippen molar-refractivity contribution in [1.82, 2.24) is 9.88 Å². The number of nitrogens with one attached hydrogen (secondary N) is 1. The summed E-state index contributed by atoms with van der Waals surface area (Å²) in [4.78, 5) is 27.9. The molecule has 3 rings (SSSR count). The highest BCUT2D eigenvalue weighted by molar-refractivity contribution is 5.87. The van der Waals surface area contributed by atoms with Gasteiger partial charge >= 0.3 is 0 Å². The number of carbonyl (C=O) groups excluding carboxylic acids is 2. The van der Waals surface area contributed by atoms with Crippen LogP contribution in [0.4, 0.5) is 4.39 Å². The Morgan fingerprint density at radius 3 is 2.95 bits per heavy atom. The number of halogens is 1. The van der Waals surface area contributed by atoms with E-state index in [1.54, 1.807) is 0 Å². The summed E-state index contributed by atoms with van der Waals surface area (Å²) in [5, 5.41) is 1.09. The van der Waals surface area contributed by atoms with E-state index in [4.69, 9.17) is 5.73 Å². The molecule has 1 saturated heterocycles. The standard InChI is InChI=1S/C16H18FN3O2/c17-12-8-14(16(18)22)20(9-12)15(21)4-2-10-1-3-13-11(7-10)5-6-19-13/h1,3,5-7,12,14,19H,2,4,8-9H2,(H2,18,22)/t12-,14+/m1/s1. The molecule has 0 radical (unpaired) electrons. The van der Waals surface area contributed by atoms with Gasteiger partial charge in [0, 0.05) is 24.6 Å². The quantitative estimate of drug-likeness (QED) is 0.898. The van der Waals surface area contributed by atoms with E-state index in [0.717, 1.165) is 16.5 Å². The van der Waals surface area contributed by atoms with Gasteiger partial charge in [-0.1, -0.05) is 6.07 Å². The van der Waals surface area contributed by atoms with Crippen LogP contribution < -0.4 is 5.73 Å². The molecule has 5 nitrogen and oxygen atoms in total. The molecule has 2 amide bonds. The number of nitrogens with two attached hydrogens (primary N) is 1. The van der Waals surface area contributed by atoms with Crippen LogP contribution in [0.3, 0.4) is 0 Å². The molecule has 3 N–H and O–H groups in total. The topological polar surface area (TPSA) is 79.2 Å². The molecule has 2 aromatic rings. The third-order valence-electron chi connectivity index (χ3n) is 4.14. The van der Waals surface area contributed by atoms with Crippen LogP contribution in [-0.2, 0) is 16.0 Å². The first-order chi connectivity index (χ1) is 10.5. The van der Waals surface area contributed by atoms with Gasteiger partial charge in [0.1, 0.15) is 12.2 Å². The second-order valence-corrected chi connectivity index (χ2v) is 5.70. The number of H-pyrrole nitrogens is 1. The van der Waals surface area contributed by atoms with Crippen LogP contribution >= 0.6 is 0 Å². The highest BCUT2D eigenvalue weighted by Crippen LogP contribution is 2.22. The fourth-order valence-electron chi connectivity index (χ4n) is 2.98. The van der Waals surface area contributed by atoms with E-state index in [9.17, 15) is 14.0 Å². The van der Waals surface area contributed by atoms with Gasteiger partial charge in [-0.2, -0.15) is 0 Å². The molecule has 1 aliphatic rings. The van der Waals surface area contributed by atoms with Crippen LogP contribution in [0.1, 0.15) is 18.4 Å². The number of likely N-dealkylation sites (tertiary alicyclic amines) is 1. The van der Waals surface area contributed by atoms with Crippen LogP contribution in [0, 0.1) is 0 Å². The minimum absolute atomic E-state index is 0.0103. The van der Waals surface area contributed by atoms with Gasteiger partial charge in [0.2, 0.25) is 11.8 Å². The Balaban J connectivity index is 1.65. The molecule has 2 heterocycles. The van der Waals surface area contributed by atoms with Crippen LogP contribution in [-0.4, -0.2) is 40.5 Å². The monoisotopic (exact) mass is 303 g/mol. The largest absolute Gasteiger partial charge is 0.368 e. The molecule has 116 valence electrons. The van der Waals surface area contributed by atoms with Gasteiger partial charge in [0.25, 0.3) is 0 Å². The normalized spacial score (nSPS) is 21.4. The summed E-state index contributed by atoms with van der Waals surface area (Å²) in [5.41, 5.74) is 7.32. The van der Waals surface area contributed by atoms with Gasteiger partial charge in [0.15, 0.2) is 0 Å². The SMILES string of the molecule is NC(=O)[C@@H]1C[C@@H](F)CN1C(=O)CCc1ccc2[nH]ccc2c1. The molecule has 1 aromatic heterocycles. The number of rotatable bonds is 4. The number of carbonyl (C=O) groups is 2. The van der Waals surface area contributed by atoms with Gasteiger partial charge in [-0.05, 0) is 35.6 Å². The smallest absolute Gasteiger partial charge is 0.240 e. The lowest BCUT2D eigenvalue weighted by atomic mass is 10.1. The highest BCUT2D eigenvalue weighted by atomic mass is 19.1. The van der Waals surface area contributed by atoms with E-state index in [0.29, 0.717) is 6.42 Å². The highest BCUT2D eigenvalue weighted by Gasteiger charge is 2.38. The number of fused-ring (bicyclic) bond motifs is 1. The van der Waals surface area contributed by atoms with Gasteiger partial charge in [-0.3, -0.25) is 9.59 Å². The second-order valence-electron chi connectivity index (χ2n) is 5.70. The molecular formula is C16H18FN3O2. The number of hydrogen-bond acceptors (Lipinski definition) is 2. The zero-order chi connectivity index (χ0) is 15.7. The van der Waals surface area contributed by atoms with Crippen molar-refractivity contribution in [1.29, 1.82) is 0 Å². The summed E-state index contributed by atoms with van der Waals surface area (Å²) in [6.07, 6.45) is 1.50. The predicted molar refractivity (Wildman–Crippen MR) is 80.8 cm³/mol. The summed E-state index contributed by atoms with van der Waals surface area (Å²) in [7, 11) is 0. The molecule has 1 aliphatic heterocycles. The van der Waals surface area contributed by atoms with Crippen LogP contribution in [0.5, 0.6) is 0 Å². The summed E-state index contributed by atoms with van der Waals surface area (Å²) < 4.78 is 13.4. The van der Waals surface area contributed by atoms with Gasteiger partial charge < -0.3 is 15.6 Å². The van der Waals surface area contributed by atoms with Crippen LogP contribution in [0.2, 0.25) is 0 Å². The number of nitrogens with zero attached hydrogens (tertiary/aromatic N) is 1. The van der Waals surface area contributed by atoms with Crippen molar-refractivity contribution < 1.29 is 14.0 Å². The number of aryl methyl sites for hydroxylation is 1. The van der Waals surface area contributed by atoms with Gasteiger partial charge in [0.05, 0.1) is 6.54 Å². The number of amides is 2. The summed E-state index contributed by atoms with van der Waals surface area (Å²) in [5.74, 6) is -0.861. The second kappa shape index (κ2) is 5.79. The van der Waals surface area contributed by atoms with Crippen molar-refractivity contribution in [3.63, 3.8) is 0 Å². The summed E-state index contributed by atoms with van der Waals surface area (Å²) in [6, 6.07) is 7.11. The van der Waals surface area contributed by atoms with E-state index in [1.807, 2.05) is 30.5 Å². The van der Waals surface area contributed by atoms with Crippen molar-refractivity contribution in [3.8, 4) is 0 Å². The maximum absolute atomic E-state index is 13.4. The molecule has 2 atom stereocenters. The number of hydrogen-bond donors (Lipinski definition) is 2. The van der Waals surface area contributed by atoms with Crippen molar-refractivity contribution >= 4 is 22.7 Å². The first-order valence-electron chi connectivity index (χ1n) is 7.33. The maximum atomic E-state index is 13.4. The molecule has 6 heteroatoms. The lowest BCUT2D eigenvalue weighted by molar-refractivity contribution is -0.137. The van der Waals surface area contributed by atoms with Crippen LogP contribution in [0.25, 0.3) is 10.9 Å². The number of aromatic nitrogens is 1. The minimum Gasteiger partial charge on any atom is -0.368 e. The fraction of sp³-hybridized carbons (Fsp3) is 0.375. The fourth-order valence-corrected chi connectivity index (χ4v) is 2.98. The van der Waals surface area contributed by atoms with E-state index >= 15 is 0 Å². The molecular weight excluding hydrogens is 285 g/mol. The number of benzene rings is 1. The Hall–Kier alpha value is -2.37. The van der Waals surface area contributed by atoms with E-state index < -0.39 is 18.1 Å². The lowest BCUT2D eigenvalue weighted by Gasteiger charge is -2.21. The predicted octanol–water partition coefficient (Wildman–Crippen LogP) is 1.52. The number of alkyl halides is 1. The Morgan fingerprint density at radius 1 is 1.36 bits per heavy atom. The molecule has 0 bridgehead atoms. The Kier molecular flexibility index (Phi) is 3.83. The van der Waals surface area contributed by atoms with E-state index in [1.165, 1.54) is 4.90 Å². The minimum atomic E-state index is -1.17. The Bertz CT molecular complexity index is 712. The van der Waals surface area contributed by atoms with Crippen molar-refractivity contribution in [2.24, 2.45) is 5.73 Å². The summed E-state index contributed by atoms with van der Waals surface area (Å²) in [6.45, 7) is -0.0384. The van der Waals surface area contributed by atoms with Crippen molar-refractivity contribution in [3.05, 3.63) is 36.0 Å². The lowest BCUT2D eigenvalue weighted by Crippen LogP contribution is -2.43. The first-order valence-corrected chi connectivity index (χ1v) is 7.33. The van der Waals surface area contributed by atoms with Crippen molar-refractivity contribution in [2.45, 2.75) is 31.5 Å². The third kappa shape index (κ3) is 2.81. The van der Waals surface area contributed by atoms with Crippen LogP contribution in [0.15, 0.2) is 30.5 Å². The Morgan fingerprint density at radius 2 is 2.18 bits per heavy atom. The zero-order valence-electron chi connectivity index (χ0n) is 12.1. The van der Waals surface area contributed by atoms with E-state index in [-0.39, 0.29) is 25.3 Å². The molecule has 0 unspecified atom stereocenters. The number of aromatic amines is 1. The molecule has 0 aliphatic carbocycles. The third-order valence-corrected chi connectivity index (χ3v) is 4.14. The van der Waals surface area contributed by atoms with Gasteiger partial charge in [-0.25, -0.2) is 4.39 Å². The average Bonchev–Trinajstić information content (AvgIpc) is 3.10. The Labute approximate surface area is 127 Å². The molecule has 1 fully saturated rings.